The Kier molecular flexibility index (Phi) is 4.24. The number of fused-ring (bicyclic) bond motifs is 1. The fourth-order valence-corrected chi connectivity index (χ4v) is 2.52. The normalized spacial score (nSPS) is 10.7. The third kappa shape index (κ3) is 3.48. The first-order valence-electron chi connectivity index (χ1n) is 7.38. The van der Waals surface area contributed by atoms with Gasteiger partial charge in [-0.3, -0.25) is 4.79 Å². The molecule has 0 saturated heterocycles. The molecule has 23 heavy (non-hydrogen) atoms. The van der Waals surface area contributed by atoms with Gasteiger partial charge in [0, 0.05) is 6.54 Å². The molecule has 0 spiro atoms. The number of phenols is 1. The minimum Gasteiger partial charge on any atom is -0.507 e. The van der Waals surface area contributed by atoms with Gasteiger partial charge in [-0.25, -0.2) is 4.39 Å². The maximum absolute atomic E-state index is 13.1. The second-order valence-electron chi connectivity index (χ2n) is 5.35. The summed E-state index contributed by atoms with van der Waals surface area (Å²) in [6, 6.07) is 17.0. The summed E-state index contributed by atoms with van der Waals surface area (Å²) in [7, 11) is 0. The van der Waals surface area contributed by atoms with Gasteiger partial charge in [0.1, 0.15) is 11.6 Å². The zero-order valence-electron chi connectivity index (χ0n) is 12.4. The van der Waals surface area contributed by atoms with Crippen LogP contribution >= 0.6 is 0 Å². The summed E-state index contributed by atoms with van der Waals surface area (Å²) >= 11 is 0. The van der Waals surface area contributed by atoms with Crippen molar-refractivity contribution in [3.05, 3.63) is 77.6 Å². The molecule has 4 heteroatoms. The van der Waals surface area contributed by atoms with E-state index in [1.165, 1.54) is 12.1 Å². The minimum absolute atomic E-state index is 0.0491. The van der Waals surface area contributed by atoms with E-state index in [4.69, 9.17) is 0 Å². The molecule has 1 amide bonds. The number of phenolic OH excluding ortho intramolecular Hbond substituents is 1. The van der Waals surface area contributed by atoms with Crippen molar-refractivity contribution < 1.29 is 14.3 Å². The summed E-state index contributed by atoms with van der Waals surface area (Å²) in [5.41, 5.74) is 1.05. The van der Waals surface area contributed by atoms with Gasteiger partial charge in [0.05, 0.1) is 5.56 Å². The molecule has 3 aromatic rings. The maximum atomic E-state index is 13.1. The summed E-state index contributed by atoms with van der Waals surface area (Å²) in [4.78, 5) is 12.2. The number of amides is 1. The van der Waals surface area contributed by atoms with Gasteiger partial charge in [-0.1, -0.05) is 36.4 Å². The Morgan fingerprint density at radius 3 is 2.48 bits per heavy atom. The largest absolute Gasteiger partial charge is 0.507 e. The Morgan fingerprint density at radius 2 is 1.74 bits per heavy atom. The third-order valence-corrected chi connectivity index (χ3v) is 3.70. The molecule has 0 saturated carbocycles. The van der Waals surface area contributed by atoms with Crippen LogP contribution < -0.4 is 5.32 Å². The van der Waals surface area contributed by atoms with Crippen molar-refractivity contribution in [2.75, 3.05) is 6.54 Å². The lowest BCUT2D eigenvalue weighted by Crippen LogP contribution is -2.25. The highest BCUT2D eigenvalue weighted by molar-refractivity contribution is 6.01. The molecule has 0 atom stereocenters. The van der Waals surface area contributed by atoms with Crippen molar-refractivity contribution in [2.45, 2.75) is 6.42 Å². The van der Waals surface area contributed by atoms with Crippen molar-refractivity contribution in [1.29, 1.82) is 0 Å². The number of nitrogens with one attached hydrogen (secondary N) is 1. The van der Waals surface area contributed by atoms with Crippen molar-refractivity contribution in [3.63, 3.8) is 0 Å². The van der Waals surface area contributed by atoms with Crippen LogP contribution in [0.1, 0.15) is 15.9 Å². The van der Waals surface area contributed by atoms with Crippen LogP contribution in [0.3, 0.4) is 0 Å². The molecular weight excluding hydrogens is 293 g/mol. The van der Waals surface area contributed by atoms with Crippen LogP contribution in [0.5, 0.6) is 5.75 Å². The highest BCUT2D eigenvalue weighted by atomic mass is 19.1. The summed E-state index contributed by atoms with van der Waals surface area (Å²) in [5, 5.41) is 14.5. The molecule has 0 heterocycles. The van der Waals surface area contributed by atoms with Crippen LogP contribution in [-0.2, 0) is 6.42 Å². The summed E-state index contributed by atoms with van der Waals surface area (Å²) in [5.74, 6) is -0.683. The van der Waals surface area contributed by atoms with Crippen LogP contribution in [0, 0.1) is 5.82 Å². The van der Waals surface area contributed by atoms with Crippen LogP contribution in [0.2, 0.25) is 0 Å². The SMILES string of the molecule is O=C(NCCc1cccc(F)c1)c1cc2ccccc2cc1O. The van der Waals surface area contributed by atoms with Crippen molar-refractivity contribution in [2.24, 2.45) is 0 Å². The van der Waals surface area contributed by atoms with Gasteiger partial charge >= 0.3 is 0 Å². The highest BCUT2D eigenvalue weighted by Gasteiger charge is 2.12. The monoisotopic (exact) mass is 309 g/mol. The van der Waals surface area contributed by atoms with Gasteiger partial charge in [0.25, 0.3) is 5.91 Å². The Hall–Kier alpha value is -2.88. The minimum atomic E-state index is -0.343. The fraction of sp³-hybridized carbons (Fsp3) is 0.105. The quantitative estimate of drug-likeness (QED) is 0.773. The molecule has 0 radical (unpaired) electrons. The van der Waals surface area contributed by atoms with E-state index in [0.717, 1.165) is 16.3 Å². The zero-order chi connectivity index (χ0) is 16.2. The predicted octanol–water partition coefficient (Wildman–Crippen LogP) is 3.66. The molecule has 0 fully saturated rings. The maximum Gasteiger partial charge on any atom is 0.255 e. The van der Waals surface area contributed by atoms with E-state index in [1.54, 1.807) is 18.2 Å². The van der Waals surface area contributed by atoms with Crippen LogP contribution in [0.25, 0.3) is 10.8 Å². The van der Waals surface area contributed by atoms with Crippen LogP contribution in [-0.4, -0.2) is 17.6 Å². The lowest BCUT2D eigenvalue weighted by Gasteiger charge is -2.08. The van der Waals surface area contributed by atoms with E-state index in [1.807, 2.05) is 30.3 Å². The third-order valence-electron chi connectivity index (χ3n) is 3.70. The standard InChI is InChI=1S/C19H16FNO2/c20-16-7-3-4-13(10-16)8-9-21-19(23)17-11-14-5-1-2-6-15(14)12-18(17)22/h1-7,10-12,22H,8-9H2,(H,21,23). The molecule has 0 aliphatic heterocycles. The second kappa shape index (κ2) is 6.48. The summed E-state index contributed by atoms with van der Waals surface area (Å²) < 4.78 is 13.1. The van der Waals surface area contributed by atoms with Gasteiger partial charge in [-0.05, 0) is 47.0 Å². The van der Waals surface area contributed by atoms with Gasteiger partial charge in [-0.2, -0.15) is 0 Å². The number of carbonyl (C=O) groups excluding carboxylic acids is 1. The molecule has 2 N–H and O–H groups in total. The first kappa shape index (κ1) is 15.0. The molecule has 0 aromatic heterocycles. The van der Waals surface area contributed by atoms with Gasteiger partial charge in [-0.15, -0.1) is 0 Å². The van der Waals surface area contributed by atoms with E-state index < -0.39 is 0 Å². The van der Waals surface area contributed by atoms with Crippen LogP contribution in [0.15, 0.2) is 60.7 Å². The Bertz CT molecular complexity index is 861. The topological polar surface area (TPSA) is 49.3 Å². The van der Waals surface area contributed by atoms with Gasteiger partial charge in [0.15, 0.2) is 0 Å². The van der Waals surface area contributed by atoms with E-state index in [0.29, 0.717) is 13.0 Å². The van der Waals surface area contributed by atoms with E-state index in [-0.39, 0.29) is 23.0 Å². The number of aromatic hydroxyl groups is 1. The highest BCUT2D eigenvalue weighted by Crippen LogP contribution is 2.24. The summed E-state index contributed by atoms with van der Waals surface area (Å²) in [6.07, 6.45) is 0.526. The second-order valence-corrected chi connectivity index (χ2v) is 5.35. The van der Waals surface area contributed by atoms with Crippen molar-refractivity contribution in [1.82, 2.24) is 5.32 Å². The fourth-order valence-electron chi connectivity index (χ4n) is 2.52. The lowest BCUT2D eigenvalue weighted by molar-refractivity contribution is 0.0951. The predicted molar refractivity (Wildman–Crippen MR) is 88.1 cm³/mol. The first-order valence-corrected chi connectivity index (χ1v) is 7.38. The number of halogens is 1. The van der Waals surface area contributed by atoms with E-state index in [9.17, 15) is 14.3 Å². The number of carbonyl (C=O) groups is 1. The molecule has 3 nitrogen and oxygen atoms in total. The van der Waals surface area contributed by atoms with Crippen LogP contribution in [0.4, 0.5) is 4.39 Å². The average molecular weight is 309 g/mol. The van der Waals surface area contributed by atoms with Gasteiger partial charge in [0.2, 0.25) is 0 Å². The Morgan fingerprint density at radius 1 is 1.00 bits per heavy atom. The molecular formula is C19H16FNO2. The molecule has 0 unspecified atom stereocenters. The van der Waals surface area contributed by atoms with E-state index >= 15 is 0 Å². The summed E-state index contributed by atoms with van der Waals surface area (Å²) in [6.45, 7) is 0.370. The molecule has 0 bridgehead atoms. The molecule has 0 aliphatic rings. The number of hydrogen-bond acceptors (Lipinski definition) is 2. The first-order chi connectivity index (χ1) is 11.1. The number of hydrogen-bond donors (Lipinski definition) is 2. The van der Waals surface area contributed by atoms with Crippen molar-refractivity contribution in [3.8, 4) is 5.75 Å². The lowest BCUT2D eigenvalue weighted by atomic mass is 10.1. The van der Waals surface area contributed by atoms with Crippen molar-refractivity contribution >= 4 is 16.7 Å². The van der Waals surface area contributed by atoms with Gasteiger partial charge < -0.3 is 10.4 Å². The Balaban J connectivity index is 1.69. The average Bonchev–Trinajstić information content (AvgIpc) is 2.54. The number of benzene rings is 3. The zero-order valence-corrected chi connectivity index (χ0v) is 12.4. The molecule has 0 aliphatic carbocycles. The molecule has 116 valence electrons. The Labute approximate surface area is 133 Å². The van der Waals surface area contributed by atoms with E-state index in [2.05, 4.69) is 5.32 Å². The molecule has 3 rings (SSSR count). The molecule has 3 aromatic carbocycles. The number of rotatable bonds is 4. The smallest absolute Gasteiger partial charge is 0.255 e.